The Bertz CT molecular complexity index is 545. The van der Waals surface area contributed by atoms with Gasteiger partial charge in [-0.15, -0.1) is 0 Å². The van der Waals surface area contributed by atoms with E-state index in [1.165, 1.54) is 0 Å². The summed E-state index contributed by atoms with van der Waals surface area (Å²) in [5, 5.41) is 14.7. The van der Waals surface area contributed by atoms with Gasteiger partial charge in [-0.2, -0.15) is 0 Å². The van der Waals surface area contributed by atoms with Crippen molar-refractivity contribution >= 4 is 5.69 Å². The first-order valence-corrected chi connectivity index (χ1v) is 8.65. The largest absolute Gasteiger partial charge is 0.490 e. The van der Waals surface area contributed by atoms with Crippen molar-refractivity contribution in [2.45, 2.75) is 26.7 Å². The summed E-state index contributed by atoms with van der Waals surface area (Å²) in [4.78, 5) is 13.4. The average molecular weight is 337 g/mol. The highest BCUT2D eigenvalue weighted by atomic mass is 16.6. The molecule has 1 aromatic carbocycles. The lowest BCUT2D eigenvalue weighted by Crippen LogP contribution is -2.43. The molecule has 1 heterocycles. The first-order chi connectivity index (χ1) is 11.7. The van der Waals surface area contributed by atoms with Crippen molar-refractivity contribution in [1.82, 2.24) is 10.2 Å². The third-order valence-corrected chi connectivity index (χ3v) is 4.03. The lowest BCUT2D eigenvalue weighted by molar-refractivity contribution is -0.386. The maximum atomic E-state index is 11.4. The van der Waals surface area contributed by atoms with E-state index in [0.29, 0.717) is 19.0 Å². The SMILES string of the molecule is CCOc1cc(CCCN2CCNCC2)cc([N+](=O)[O-])c1OCC. The van der Waals surface area contributed by atoms with Crippen LogP contribution < -0.4 is 14.8 Å². The zero-order chi connectivity index (χ0) is 17.4. The molecule has 0 unspecified atom stereocenters. The third kappa shape index (κ3) is 5.07. The molecule has 134 valence electrons. The molecule has 0 radical (unpaired) electrons. The lowest BCUT2D eigenvalue weighted by Gasteiger charge is -2.27. The Balaban J connectivity index is 2.09. The molecule has 2 rings (SSSR count). The van der Waals surface area contributed by atoms with Crippen molar-refractivity contribution in [3.8, 4) is 11.5 Å². The minimum Gasteiger partial charge on any atom is -0.490 e. The van der Waals surface area contributed by atoms with Crippen molar-refractivity contribution < 1.29 is 14.4 Å². The molecular weight excluding hydrogens is 310 g/mol. The van der Waals surface area contributed by atoms with E-state index in [2.05, 4.69) is 10.2 Å². The quantitative estimate of drug-likeness (QED) is 0.550. The summed E-state index contributed by atoms with van der Waals surface area (Å²) < 4.78 is 11.0. The zero-order valence-corrected chi connectivity index (χ0v) is 14.5. The Morgan fingerprint density at radius 3 is 2.54 bits per heavy atom. The second-order valence-electron chi connectivity index (χ2n) is 5.76. The normalized spacial score (nSPS) is 15.2. The molecule has 1 fully saturated rings. The molecule has 1 N–H and O–H groups in total. The van der Waals surface area contributed by atoms with E-state index in [1.807, 2.05) is 13.0 Å². The Labute approximate surface area is 143 Å². The molecule has 0 saturated carbocycles. The number of nitro groups is 1. The van der Waals surface area contributed by atoms with Crippen LogP contribution in [0.25, 0.3) is 0 Å². The van der Waals surface area contributed by atoms with E-state index in [4.69, 9.17) is 9.47 Å². The van der Waals surface area contributed by atoms with Crippen molar-refractivity contribution in [2.75, 3.05) is 45.9 Å². The Kier molecular flexibility index (Phi) is 7.27. The predicted molar refractivity (Wildman–Crippen MR) is 93.1 cm³/mol. The van der Waals surface area contributed by atoms with Crippen molar-refractivity contribution in [1.29, 1.82) is 0 Å². The topological polar surface area (TPSA) is 76.9 Å². The van der Waals surface area contributed by atoms with Gasteiger partial charge in [0.2, 0.25) is 5.75 Å². The summed E-state index contributed by atoms with van der Waals surface area (Å²) >= 11 is 0. The minimum atomic E-state index is -0.396. The number of nitro benzene ring substituents is 1. The van der Waals surface area contributed by atoms with E-state index in [0.717, 1.165) is 51.1 Å². The number of benzene rings is 1. The van der Waals surface area contributed by atoms with Gasteiger partial charge in [0.1, 0.15) is 0 Å². The summed E-state index contributed by atoms with van der Waals surface area (Å²) in [7, 11) is 0. The fourth-order valence-corrected chi connectivity index (χ4v) is 2.92. The van der Waals surface area contributed by atoms with Gasteiger partial charge in [0, 0.05) is 32.2 Å². The van der Waals surface area contributed by atoms with Gasteiger partial charge in [-0.05, 0) is 44.9 Å². The highest BCUT2D eigenvalue weighted by Gasteiger charge is 2.22. The monoisotopic (exact) mass is 337 g/mol. The number of piperazine rings is 1. The van der Waals surface area contributed by atoms with Crippen molar-refractivity contribution in [2.24, 2.45) is 0 Å². The van der Waals surface area contributed by atoms with Gasteiger partial charge in [0.05, 0.1) is 18.1 Å². The van der Waals surface area contributed by atoms with Crippen LogP contribution >= 0.6 is 0 Å². The molecule has 1 aliphatic rings. The maximum Gasteiger partial charge on any atom is 0.315 e. The van der Waals surface area contributed by atoms with E-state index < -0.39 is 4.92 Å². The van der Waals surface area contributed by atoms with E-state index in [9.17, 15) is 10.1 Å². The van der Waals surface area contributed by atoms with E-state index in [1.54, 1.807) is 13.0 Å². The molecule has 0 aliphatic carbocycles. The molecule has 24 heavy (non-hydrogen) atoms. The number of aryl methyl sites for hydroxylation is 1. The van der Waals surface area contributed by atoms with Gasteiger partial charge in [-0.1, -0.05) is 0 Å². The van der Waals surface area contributed by atoms with Crippen LogP contribution in [0.1, 0.15) is 25.8 Å². The Morgan fingerprint density at radius 1 is 1.21 bits per heavy atom. The van der Waals surface area contributed by atoms with Crippen LogP contribution in [0.3, 0.4) is 0 Å². The van der Waals surface area contributed by atoms with Gasteiger partial charge in [0.15, 0.2) is 5.75 Å². The Hall–Kier alpha value is -1.86. The first-order valence-electron chi connectivity index (χ1n) is 8.65. The summed E-state index contributed by atoms with van der Waals surface area (Å²) in [6.07, 6.45) is 1.76. The smallest absolute Gasteiger partial charge is 0.315 e. The molecule has 0 amide bonds. The van der Waals surface area contributed by atoms with E-state index >= 15 is 0 Å². The number of hydrogen-bond donors (Lipinski definition) is 1. The Morgan fingerprint density at radius 2 is 1.92 bits per heavy atom. The maximum absolute atomic E-state index is 11.4. The molecule has 0 spiro atoms. The van der Waals surface area contributed by atoms with Gasteiger partial charge in [-0.25, -0.2) is 0 Å². The van der Waals surface area contributed by atoms with Crippen LogP contribution in [-0.2, 0) is 6.42 Å². The van der Waals surface area contributed by atoms with Crippen LogP contribution in [0.2, 0.25) is 0 Å². The summed E-state index contributed by atoms with van der Waals surface area (Å²) in [6, 6.07) is 3.49. The fourth-order valence-electron chi connectivity index (χ4n) is 2.92. The highest BCUT2D eigenvalue weighted by molar-refractivity contribution is 5.58. The fraction of sp³-hybridized carbons (Fsp3) is 0.647. The van der Waals surface area contributed by atoms with Crippen LogP contribution in [0.15, 0.2) is 12.1 Å². The third-order valence-electron chi connectivity index (χ3n) is 4.03. The number of rotatable bonds is 9. The van der Waals surface area contributed by atoms with Gasteiger partial charge in [-0.3, -0.25) is 10.1 Å². The predicted octanol–water partition coefficient (Wildman–Crippen LogP) is 2.23. The molecular formula is C17H27N3O4. The van der Waals surface area contributed by atoms with E-state index in [-0.39, 0.29) is 11.4 Å². The second-order valence-corrected chi connectivity index (χ2v) is 5.76. The zero-order valence-electron chi connectivity index (χ0n) is 14.5. The molecule has 1 aromatic rings. The minimum absolute atomic E-state index is 0.0139. The van der Waals surface area contributed by atoms with Crippen molar-refractivity contribution in [3.05, 3.63) is 27.8 Å². The van der Waals surface area contributed by atoms with Gasteiger partial charge < -0.3 is 19.7 Å². The molecule has 1 saturated heterocycles. The average Bonchev–Trinajstić information content (AvgIpc) is 2.58. The van der Waals surface area contributed by atoms with Crippen LogP contribution in [0.4, 0.5) is 5.69 Å². The summed E-state index contributed by atoms with van der Waals surface area (Å²) in [5.74, 6) is 0.695. The van der Waals surface area contributed by atoms with Crippen LogP contribution in [-0.4, -0.2) is 55.8 Å². The molecule has 0 atom stereocenters. The first kappa shape index (κ1) is 18.5. The molecule has 0 aromatic heterocycles. The molecule has 1 aliphatic heterocycles. The summed E-state index contributed by atoms with van der Waals surface area (Å²) in [5.41, 5.74) is 0.906. The summed E-state index contributed by atoms with van der Waals surface area (Å²) in [6.45, 7) is 9.67. The van der Waals surface area contributed by atoms with Crippen molar-refractivity contribution in [3.63, 3.8) is 0 Å². The van der Waals surface area contributed by atoms with Crippen LogP contribution in [0.5, 0.6) is 11.5 Å². The molecule has 7 heteroatoms. The van der Waals surface area contributed by atoms with Crippen LogP contribution in [0, 0.1) is 10.1 Å². The lowest BCUT2D eigenvalue weighted by atomic mass is 10.1. The molecule has 0 bridgehead atoms. The number of ether oxygens (including phenoxy) is 2. The number of hydrogen-bond acceptors (Lipinski definition) is 6. The highest BCUT2D eigenvalue weighted by Crippen LogP contribution is 2.38. The number of nitrogens with zero attached hydrogens (tertiary/aromatic N) is 2. The molecule has 7 nitrogen and oxygen atoms in total. The second kappa shape index (κ2) is 9.44. The van der Waals surface area contributed by atoms with Gasteiger partial charge in [0.25, 0.3) is 0 Å². The number of nitrogens with one attached hydrogen (secondary N) is 1. The standard InChI is InChI=1S/C17H27N3O4/c1-3-23-16-13-14(6-5-9-19-10-7-18-8-11-19)12-15(20(21)22)17(16)24-4-2/h12-13,18H,3-11H2,1-2H3. The van der Waals surface area contributed by atoms with Gasteiger partial charge >= 0.3 is 5.69 Å².